The van der Waals surface area contributed by atoms with Gasteiger partial charge in [0, 0.05) is 9.11 Å². The van der Waals surface area contributed by atoms with Crippen molar-refractivity contribution < 1.29 is 20.7 Å². The molecule has 194 valence electrons. The van der Waals surface area contributed by atoms with Crippen LogP contribution in [0, 0.1) is 18.4 Å². The summed E-state index contributed by atoms with van der Waals surface area (Å²) in [6.07, 6.45) is 1.70. The normalized spacial score (nSPS) is 26.5. The van der Waals surface area contributed by atoms with Crippen molar-refractivity contribution in [1.82, 2.24) is 19.5 Å². The summed E-state index contributed by atoms with van der Waals surface area (Å²) in [4.78, 5) is 11.5. The Labute approximate surface area is 213 Å². The number of nitrogens with two attached hydrogens (primary N) is 1. The average Bonchev–Trinajstić information content (AvgIpc) is 3.23. The molecular weight excluding hydrogens is 481 g/mol. The maximum atomic E-state index is 14.1. The minimum absolute atomic E-state index is 0.00286. The topological polar surface area (TPSA) is 97.3 Å². The van der Waals surface area contributed by atoms with Gasteiger partial charge in [0.1, 0.15) is 6.23 Å². The molecule has 0 aliphatic carbocycles. The predicted octanol–water partition coefficient (Wildman–Crippen LogP) is 5.25. The monoisotopic (exact) mass is 523 g/mol. The van der Waals surface area contributed by atoms with Crippen LogP contribution in [0.15, 0.2) is 6.33 Å². The summed E-state index contributed by atoms with van der Waals surface area (Å²) < 4.78 is 53.5. The fourth-order valence-electron chi connectivity index (χ4n) is 3.14. The van der Waals surface area contributed by atoms with Crippen molar-refractivity contribution in [1.29, 1.82) is 0 Å². The van der Waals surface area contributed by atoms with E-state index in [1.165, 1.54) is 10.9 Å². The second-order valence-electron chi connectivity index (χ2n) is 12.2. The summed E-state index contributed by atoms with van der Waals surface area (Å²) in [5.74, 6) is 2.56. The largest absolute Gasteiger partial charge is 0.413 e. The average molecular weight is 524 g/mol. The smallest absolute Gasteiger partial charge is 0.312 e. The van der Waals surface area contributed by atoms with E-state index in [0.29, 0.717) is 0 Å². The third kappa shape index (κ3) is 5.18. The second kappa shape index (κ2) is 8.92. The number of hydrogen-bond donors (Lipinski definition) is 1. The molecule has 2 aromatic heterocycles. The highest BCUT2D eigenvalue weighted by molar-refractivity contribution is 6.74. The molecule has 2 aromatic rings. The number of aromatic nitrogens is 4. The number of nitrogens with zero attached hydrogens (tertiary/aromatic N) is 4. The van der Waals surface area contributed by atoms with Crippen molar-refractivity contribution >= 4 is 33.6 Å². The van der Waals surface area contributed by atoms with Crippen molar-refractivity contribution in [2.75, 3.05) is 12.3 Å². The van der Waals surface area contributed by atoms with E-state index in [-0.39, 0.29) is 33.7 Å². The lowest BCUT2D eigenvalue weighted by Gasteiger charge is -2.43. The highest BCUT2D eigenvalue weighted by atomic mass is 28.4. The van der Waals surface area contributed by atoms with Gasteiger partial charge in [-0.1, -0.05) is 47.5 Å². The minimum Gasteiger partial charge on any atom is -0.413 e. The van der Waals surface area contributed by atoms with E-state index in [1.54, 1.807) is 0 Å². The molecule has 3 rings (SSSR count). The van der Waals surface area contributed by atoms with Gasteiger partial charge in [0.05, 0.1) is 19.0 Å². The van der Waals surface area contributed by atoms with Crippen molar-refractivity contribution in [3.05, 3.63) is 12.4 Å². The molecule has 1 aliphatic rings. The van der Waals surface area contributed by atoms with Gasteiger partial charge in [-0.15, -0.1) is 6.42 Å². The number of ether oxygens (including phenoxy) is 1. The molecule has 1 aliphatic heterocycles. The number of imidazole rings is 1. The maximum Gasteiger partial charge on any atom is 0.312 e. The zero-order valence-electron chi connectivity index (χ0n) is 24.5. The van der Waals surface area contributed by atoms with Crippen LogP contribution >= 0.6 is 0 Å². The quantitative estimate of drug-likeness (QED) is 0.314. The number of terminal acetylenes is 1. The van der Waals surface area contributed by atoms with Gasteiger partial charge < -0.3 is 19.3 Å². The maximum absolute atomic E-state index is 14.1. The Bertz CT molecular complexity index is 1220. The van der Waals surface area contributed by atoms with Crippen LogP contribution in [0.5, 0.6) is 0 Å². The summed E-state index contributed by atoms with van der Waals surface area (Å²) in [6.45, 7) is 20.7. The Kier molecular flexibility index (Phi) is 6.33. The third-order valence-electron chi connectivity index (χ3n) is 7.63. The van der Waals surface area contributed by atoms with Crippen LogP contribution in [0.4, 0.5) is 10.2 Å². The molecule has 1 saturated heterocycles. The fourth-order valence-corrected chi connectivity index (χ4v) is 5.35. The molecule has 0 aromatic carbocycles. The highest BCUT2D eigenvalue weighted by Crippen LogP contribution is 2.46. The number of nitrogen functional groups attached to an aromatic ring is 1. The molecule has 3 atom stereocenters. The van der Waals surface area contributed by atoms with E-state index in [4.69, 9.17) is 25.7 Å². The molecule has 1 fully saturated rings. The first-order valence-corrected chi connectivity index (χ1v) is 17.5. The van der Waals surface area contributed by atoms with Gasteiger partial charge in [0.15, 0.2) is 39.2 Å². The number of rotatable bonds is 6. The van der Waals surface area contributed by atoms with Gasteiger partial charge in [-0.2, -0.15) is 14.4 Å². The van der Waals surface area contributed by atoms with Crippen LogP contribution in [0.1, 0.15) is 56.9 Å². The summed E-state index contributed by atoms with van der Waals surface area (Å²) in [5.41, 5.74) is 4.42. The second-order valence-corrected chi connectivity index (χ2v) is 21.7. The van der Waals surface area contributed by atoms with Crippen LogP contribution in [0.3, 0.4) is 0 Å². The Morgan fingerprint density at radius 1 is 1.23 bits per heavy atom. The zero-order chi connectivity index (χ0) is 28.4. The van der Waals surface area contributed by atoms with Crippen molar-refractivity contribution in [3.8, 4) is 12.3 Å². The van der Waals surface area contributed by atoms with Crippen LogP contribution in [-0.2, 0) is 13.6 Å². The lowest BCUT2D eigenvalue weighted by molar-refractivity contribution is -0.0838. The van der Waals surface area contributed by atoms with Crippen molar-refractivity contribution in [2.24, 2.45) is 0 Å². The van der Waals surface area contributed by atoms with Crippen LogP contribution in [0.25, 0.3) is 11.2 Å². The van der Waals surface area contributed by atoms with E-state index in [2.05, 4.69) is 75.5 Å². The number of hydrogen-bond acceptors (Lipinski definition) is 7. The van der Waals surface area contributed by atoms with Gasteiger partial charge >= 0.3 is 6.08 Å². The number of anilines is 1. The van der Waals surface area contributed by atoms with Crippen LogP contribution in [-0.4, -0.2) is 54.5 Å². The minimum atomic E-state index is -2.55. The Balaban J connectivity index is 2.17. The van der Waals surface area contributed by atoms with E-state index >= 15 is 0 Å². The number of halogens is 1. The first-order chi connectivity index (χ1) is 16.6. The molecule has 3 heterocycles. The highest BCUT2D eigenvalue weighted by Gasteiger charge is 2.54. The molecule has 2 N–H and O–H groups in total. The SMILES string of the molecule is [2H]C1([2H])[C@H](O[Si](C)(C)C(C)(C)C)C(C#C)(CO[Si](C)(C)C(C)(C)C)O[C@H]1n1cnc2c(N)nc(F)nc21. The van der Waals surface area contributed by atoms with Gasteiger partial charge in [-0.3, -0.25) is 4.57 Å². The molecule has 0 radical (unpaired) electrons. The van der Waals surface area contributed by atoms with Gasteiger partial charge in [0.2, 0.25) is 0 Å². The summed E-state index contributed by atoms with van der Waals surface area (Å²) in [6, 6.07) is 0. The standard InChI is InChI=1S/C24H40FN5O3Si2/c1-12-24(14-31-34(8,9)22(2,3)4)16(33-35(10,11)23(5,6)7)13-17(32-24)30-15-27-18-19(26)28-21(25)29-20(18)30/h1,15-17H,13-14H2,2-11H3,(H2,26,28,29)/t16-,17+,24?/m0/s1/i13D2. The lowest BCUT2D eigenvalue weighted by atomic mass is 9.99. The Hall–Kier alpha value is -1.85. The van der Waals surface area contributed by atoms with Crippen LogP contribution < -0.4 is 5.73 Å². The molecule has 35 heavy (non-hydrogen) atoms. The summed E-state index contributed by atoms with van der Waals surface area (Å²) in [5, 5.41) is -0.337. The summed E-state index contributed by atoms with van der Waals surface area (Å²) >= 11 is 0. The van der Waals surface area contributed by atoms with Gasteiger partial charge in [-0.25, -0.2) is 4.98 Å². The zero-order valence-corrected chi connectivity index (χ0v) is 24.5. The van der Waals surface area contributed by atoms with E-state index in [1.807, 2.05) is 13.1 Å². The molecule has 0 saturated carbocycles. The third-order valence-corrected chi connectivity index (χ3v) is 16.5. The van der Waals surface area contributed by atoms with E-state index < -0.39 is 47.0 Å². The predicted molar refractivity (Wildman–Crippen MR) is 141 cm³/mol. The first-order valence-electron chi connectivity index (χ1n) is 12.7. The van der Waals surface area contributed by atoms with Gasteiger partial charge in [-0.05, 0) is 36.3 Å². The molecule has 1 unspecified atom stereocenters. The molecule has 0 amide bonds. The molecule has 11 heteroatoms. The Morgan fingerprint density at radius 3 is 2.37 bits per heavy atom. The summed E-state index contributed by atoms with van der Waals surface area (Å²) in [7, 11) is -4.85. The lowest BCUT2D eigenvalue weighted by Crippen LogP contribution is -2.54. The molecule has 0 spiro atoms. The fraction of sp³-hybridized carbons (Fsp3) is 0.708. The molecule has 8 nitrogen and oxygen atoms in total. The van der Waals surface area contributed by atoms with Gasteiger partial charge in [0.25, 0.3) is 0 Å². The Morgan fingerprint density at radius 2 is 1.83 bits per heavy atom. The van der Waals surface area contributed by atoms with E-state index in [9.17, 15) is 7.13 Å². The molecular formula is C24H40FN5O3Si2. The number of fused-ring (bicyclic) bond motifs is 1. The van der Waals surface area contributed by atoms with Crippen molar-refractivity contribution in [2.45, 2.75) is 102 Å². The van der Waals surface area contributed by atoms with E-state index in [0.717, 1.165) is 0 Å². The first kappa shape index (κ1) is 24.8. The molecule has 0 bridgehead atoms. The van der Waals surface area contributed by atoms with Crippen molar-refractivity contribution in [3.63, 3.8) is 0 Å². The van der Waals surface area contributed by atoms with Crippen LogP contribution in [0.2, 0.25) is 36.3 Å².